The SMILES string of the molecule is Cc1c(I)ccc(C(F)(F)F)c1Br. The minimum absolute atomic E-state index is 0.131. The molecular weight excluding hydrogens is 360 g/mol. The summed E-state index contributed by atoms with van der Waals surface area (Å²) in [7, 11) is 0. The fourth-order valence-electron chi connectivity index (χ4n) is 0.880. The average Bonchev–Trinajstić information content (AvgIpc) is 1.98. The molecule has 0 spiro atoms. The topological polar surface area (TPSA) is 0 Å². The molecule has 0 saturated heterocycles. The van der Waals surface area contributed by atoms with Crippen LogP contribution >= 0.6 is 38.5 Å². The van der Waals surface area contributed by atoms with Gasteiger partial charge in [-0.3, -0.25) is 0 Å². The van der Waals surface area contributed by atoms with Crippen molar-refractivity contribution in [3.8, 4) is 0 Å². The average molecular weight is 365 g/mol. The van der Waals surface area contributed by atoms with E-state index in [1.807, 2.05) is 22.6 Å². The van der Waals surface area contributed by atoms with Gasteiger partial charge in [-0.25, -0.2) is 0 Å². The first-order valence-corrected chi connectivity index (χ1v) is 5.23. The third-order valence-corrected chi connectivity index (χ3v) is 3.82. The van der Waals surface area contributed by atoms with Crippen LogP contribution in [0.3, 0.4) is 0 Å². The molecule has 13 heavy (non-hydrogen) atoms. The van der Waals surface area contributed by atoms with Crippen LogP contribution in [-0.2, 0) is 6.18 Å². The van der Waals surface area contributed by atoms with Gasteiger partial charge in [0.05, 0.1) is 5.56 Å². The molecule has 0 N–H and O–H groups in total. The number of hydrogen-bond donors (Lipinski definition) is 0. The molecule has 1 rings (SSSR count). The fraction of sp³-hybridized carbons (Fsp3) is 0.250. The Kier molecular flexibility index (Phi) is 3.27. The maximum absolute atomic E-state index is 12.3. The molecule has 1 aromatic carbocycles. The first kappa shape index (κ1) is 11.3. The Morgan fingerprint density at radius 3 is 2.31 bits per heavy atom. The van der Waals surface area contributed by atoms with Gasteiger partial charge in [-0.15, -0.1) is 0 Å². The highest BCUT2D eigenvalue weighted by Gasteiger charge is 2.33. The number of hydrogen-bond acceptors (Lipinski definition) is 0. The molecule has 5 heteroatoms. The Morgan fingerprint density at radius 2 is 1.85 bits per heavy atom. The van der Waals surface area contributed by atoms with Crippen LogP contribution < -0.4 is 0 Å². The van der Waals surface area contributed by atoms with Crippen LogP contribution in [0.2, 0.25) is 0 Å². The summed E-state index contributed by atoms with van der Waals surface area (Å²) in [5.41, 5.74) is 0.000779. The van der Waals surface area contributed by atoms with Crippen LogP contribution in [0.15, 0.2) is 16.6 Å². The van der Waals surface area contributed by atoms with Crippen molar-refractivity contribution in [3.63, 3.8) is 0 Å². The first-order valence-electron chi connectivity index (χ1n) is 3.36. The molecule has 0 aliphatic carbocycles. The van der Waals surface area contributed by atoms with Gasteiger partial charge in [0.1, 0.15) is 0 Å². The Morgan fingerprint density at radius 1 is 1.31 bits per heavy atom. The van der Waals surface area contributed by atoms with Gasteiger partial charge in [-0.1, -0.05) is 0 Å². The maximum Gasteiger partial charge on any atom is 0.417 e. The van der Waals surface area contributed by atoms with Gasteiger partial charge in [-0.2, -0.15) is 13.2 Å². The lowest BCUT2D eigenvalue weighted by molar-refractivity contribution is -0.138. The van der Waals surface area contributed by atoms with E-state index in [1.165, 1.54) is 6.07 Å². The lowest BCUT2D eigenvalue weighted by Crippen LogP contribution is -2.07. The molecule has 0 amide bonds. The molecule has 0 fully saturated rings. The third kappa shape index (κ3) is 2.37. The first-order chi connectivity index (χ1) is 5.84. The summed E-state index contributed by atoms with van der Waals surface area (Å²) in [5.74, 6) is 0. The molecule has 0 nitrogen and oxygen atoms in total. The van der Waals surface area contributed by atoms with E-state index in [1.54, 1.807) is 6.92 Å². The molecule has 0 radical (unpaired) electrons. The van der Waals surface area contributed by atoms with E-state index in [0.717, 1.165) is 9.64 Å². The second-order valence-electron chi connectivity index (χ2n) is 2.53. The van der Waals surface area contributed by atoms with Crippen LogP contribution in [0.5, 0.6) is 0 Å². The Hall–Kier alpha value is 0.220. The number of rotatable bonds is 0. The fourth-order valence-corrected chi connectivity index (χ4v) is 2.27. The van der Waals surface area contributed by atoms with E-state index in [9.17, 15) is 13.2 Å². The molecule has 0 aliphatic rings. The van der Waals surface area contributed by atoms with Gasteiger partial charge < -0.3 is 0 Å². The molecule has 0 unspecified atom stereocenters. The zero-order chi connectivity index (χ0) is 10.2. The number of benzene rings is 1. The van der Waals surface area contributed by atoms with Gasteiger partial charge in [0, 0.05) is 8.04 Å². The highest BCUT2D eigenvalue weighted by atomic mass is 127. The van der Waals surface area contributed by atoms with E-state index in [4.69, 9.17) is 0 Å². The van der Waals surface area contributed by atoms with Crippen LogP contribution in [-0.4, -0.2) is 0 Å². The Bertz CT molecular complexity index is 333. The minimum Gasteiger partial charge on any atom is -0.166 e. The quantitative estimate of drug-likeness (QED) is 0.599. The number of halogens is 5. The zero-order valence-electron chi connectivity index (χ0n) is 6.54. The van der Waals surface area contributed by atoms with Gasteiger partial charge in [-0.05, 0) is 63.1 Å². The van der Waals surface area contributed by atoms with E-state index in [0.29, 0.717) is 5.56 Å². The van der Waals surface area contributed by atoms with E-state index in [-0.39, 0.29) is 4.47 Å². The van der Waals surface area contributed by atoms with Crippen molar-refractivity contribution in [2.45, 2.75) is 13.1 Å². The Balaban J connectivity index is 3.35. The molecule has 0 aromatic heterocycles. The smallest absolute Gasteiger partial charge is 0.166 e. The molecule has 0 heterocycles. The standard InChI is InChI=1S/C8H5BrF3I/c1-4-6(13)3-2-5(7(4)9)8(10,11)12/h2-3H,1H3. The second-order valence-corrected chi connectivity index (χ2v) is 4.49. The van der Waals surface area contributed by atoms with Crippen molar-refractivity contribution >= 4 is 38.5 Å². The highest BCUT2D eigenvalue weighted by molar-refractivity contribution is 14.1. The van der Waals surface area contributed by atoms with E-state index < -0.39 is 11.7 Å². The number of alkyl halides is 3. The van der Waals surface area contributed by atoms with Crippen molar-refractivity contribution in [2.75, 3.05) is 0 Å². The van der Waals surface area contributed by atoms with E-state index in [2.05, 4.69) is 15.9 Å². The summed E-state index contributed by atoms with van der Waals surface area (Å²) < 4.78 is 37.9. The van der Waals surface area contributed by atoms with Crippen molar-refractivity contribution in [3.05, 3.63) is 31.3 Å². The summed E-state index contributed by atoms with van der Waals surface area (Å²) in [4.78, 5) is 0. The predicted molar refractivity (Wildman–Crippen MR) is 56.6 cm³/mol. The molecule has 0 bridgehead atoms. The zero-order valence-corrected chi connectivity index (χ0v) is 10.3. The molecular formula is C8H5BrF3I. The normalized spacial score (nSPS) is 11.8. The summed E-state index contributed by atoms with van der Waals surface area (Å²) >= 11 is 4.94. The van der Waals surface area contributed by atoms with Gasteiger partial charge >= 0.3 is 6.18 Å². The summed E-state index contributed by atoms with van der Waals surface area (Å²) in [5, 5.41) is 0. The van der Waals surface area contributed by atoms with Gasteiger partial charge in [0.15, 0.2) is 0 Å². The van der Waals surface area contributed by atoms with E-state index >= 15 is 0 Å². The van der Waals surface area contributed by atoms with Crippen LogP contribution in [0.25, 0.3) is 0 Å². The summed E-state index contributed by atoms with van der Waals surface area (Å²) in [6.45, 7) is 1.65. The molecule has 0 atom stereocenters. The molecule has 0 aliphatic heterocycles. The lowest BCUT2D eigenvalue weighted by Gasteiger charge is -2.11. The van der Waals surface area contributed by atoms with Crippen molar-refractivity contribution < 1.29 is 13.2 Å². The molecule has 1 aromatic rings. The molecule has 72 valence electrons. The lowest BCUT2D eigenvalue weighted by atomic mass is 10.1. The second kappa shape index (κ2) is 3.76. The summed E-state index contributed by atoms with van der Waals surface area (Å²) in [6.07, 6.45) is -4.28. The maximum atomic E-state index is 12.3. The Labute approximate surface area is 95.8 Å². The van der Waals surface area contributed by atoms with Crippen molar-refractivity contribution in [1.82, 2.24) is 0 Å². The predicted octanol–water partition coefficient (Wildman–Crippen LogP) is 4.38. The molecule has 0 saturated carbocycles. The van der Waals surface area contributed by atoms with Crippen LogP contribution in [0.1, 0.15) is 11.1 Å². The van der Waals surface area contributed by atoms with Gasteiger partial charge in [0.2, 0.25) is 0 Å². The highest BCUT2D eigenvalue weighted by Crippen LogP contribution is 2.37. The van der Waals surface area contributed by atoms with Crippen LogP contribution in [0.4, 0.5) is 13.2 Å². The third-order valence-electron chi connectivity index (χ3n) is 1.63. The van der Waals surface area contributed by atoms with Gasteiger partial charge in [0.25, 0.3) is 0 Å². The largest absolute Gasteiger partial charge is 0.417 e. The minimum atomic E-state index is -4.28. The summed E-state index contributed by atoms with van der Waals surface area (Å²) in [6, 6.07) is 2.54. The monoisotopic (exact) mass is 364 g/mol. The van der Waals surface area contributed by atoms with Crippen LogP contribution in [0, 0.1) is 10.5 Å². The van der Waals surface area contributed by atoms with Crippen molar-refractivity contribution in [2.24, 2.45) is 0 Å². The van der Waals surface area contributed by atoms with Crippen molar-refractivity contribution in [1.29, 1.82) is 0 Å².